The number of anilines is 1. The summed E-state index contributed by atoms with van der Waals surface area (Å²) in [6, 6.07) is 16.4. The number of unbranched alkanes of at least 4 members (excludes halogenated alkanes) is 1. The molecule has 0 radical (unpaired) electrons. The van der Waals surface area contributed by atoms with Crippen LogP contribution in [0.2, 0.25) is 5.02 Å². The van der Waals surface area contributed by atoms with Crippen molar-refractivity contribution in [3.8, 4) is 0 Å². The molecule has 2 aromatic carbocycles. The van der Waals surface area contributed by atoms with Gasteiger partial charge in [0.05, 0.1) is 0 Å². The number of halogens is 1. The van der Waals surface area contributed by atoms with Crippen LogP contribution >= 0.6 is 11.6 Å². The van der Waals surface area contributed by atoms with Crippen LogP contribution in [0.4, 0.5) is 5.95 Å². The highest BCUT2D eigenvalue weighted by Gasteiger charge is 2.11. The number of nitrogens with one attached hydrogen (secondary N) is 1. The lowest BCUT2D eigenvalue weighted by molar-refractivity contribution is 0.556. The summed E-state index contributed by atoms with van der Waals surface area (Å²) in [7, 11) is 0. The Morgan fingerprint density at radius 1 is 1.04 bits per heavy atom. The summed E-state index contributed by atoms with van der Waals surface area (Å²) < 4.78 is 4.07. The highest BCUT2D eigenvalue weighted by atomic mass is 35.5. The fourth-order valence-electron chi connectivity index (χ4n) is 3.37. The van der Waals surface area contributed by atoms with Crippen molar-refractivity contribution in [2.75, 3.05) is 5.32 Å². The maximum absolute atomic E-state index is 6.37. The van der Waals surface area contributed by atoms with Gasteiger partial charge in [0.15, 0.2) is 0 Å². The van der Waals surface area contributed by atoms with E-state index in [-0.39, 0.29) is 0 Å². The average Bonchev–Trinajstić information content (AvgIpc) is 3.31. The number of nitrogens with zero attached hydrogens (tertiary/aromatic N) is 5. The van der Waals surface area contributed by atoms with Gasteiger partial charge in [0.25, 0.3) is 0 Å². The van der Waals surface area contributed by atoms with Crippen LogP contribution in [0.1, 0.15) is 30.9 Å². The maximum Gasteiger partial charge on any atom is 0.243 e. The molecule has 1 N–H and O–H groups in total. The Morgan fingerprint density at radius 2 is 1.86 bits per heavy atom. The van der Waals surface area contributed by atoms with Gasteiger partial charge in [0.2, 0.25) is 5.95 Å². The van der Waals surface area contributed by atoms with Crippen LogP contribution in [0.25, 0.3) is 10.9 Å². The molecule has 0 aliphatic carbocycles. The zero-order valence-electron chi connectivity index (χ0n) is 15.8. The smallest absolute Gasteiger partial charge is 0.243 e. The zero-order chi connectivity index (χ0) is 19.3. The third kappa shape index (κ3) is 3.87. The molecule has 0 saturated heterocycles. The lowest BCUT2D eigenvalue weighted by Crippen LogP contribution is -2.09. The molecule has 0 saturated carbocycles. The molecule has 7 heteroatoms. The van der Waals surface area contributed by atoms with Crippen LogP contribution in [0.5, 0.6) is 0 Å². The van der Waals surface area contributed by atoms with Gasteiger partial charge in [-0.05, 0) is 40.1 Å². The number of aromatic nitrogens is 5. The first-order chi connectivity index (χ1) is 13.8. The van der Waals surface area contributed by atoms with Crippen LogP contribution < -0.4 is 5.32 Å². The van der Waals surface area contributed by atoms with Gasteiger partial charge in [-0.3, -0.25) is 0 Å². The molecule has 0 aliphatic heterocycles. The van der Waals surface area contributed by atoms with E-state index in [0.29, 0.717) is 12.5 Å². The summed E-state index contributed by atoms with van der Waals surface area (Å²) in [5.41, 5.74) is 3.49. The number of para-hydroxylation sites is 1. The van der Waals surface area contributed by atoms with Gasteiger partial charge >= 0.3 is 0 Å². The molecule has 0 bridgehead atoms. The number of aryl methyl sites for hydroxylation is 1. The summed E-state index contributed by atoms with van der Waals surface area (Å²) in [6.07, 6.45) is 4.34. The first kappa shape index (κ1) is 18.5. The second kappa shape index (κ2) is 8.44. The van der Waals surface area contributed by atoms with E-state index in [1.807, 2.05) is 22.9 Å². The molecule has 0 amide bonds. The van der Waals surface area contributed by atoms with Crippen molar-refractivity contribution >= 4 is 28.5 Å². The van der Waals surface area contributed by atoms with Gasteiger partial charge in [-0.15, -0.1) is 0 Å². The number of hydrogen-bond acceptors (Lipinski definition) is 4. The van der Waals surface area contributed by atoms with E-state index in [4.69, 9.17) is 11.6 Å². The largest absolute Gasteiger partial charge is 0.349 e. The van der Waals surface area contributed by atoms with E-state index in [1.165, 1.54) is 16.5 Å². The third-order valence-corrected chi connectivity index (χ3v) is 5.23. The summed E-state index contributed by atoms with van der Waals surface area (Å²) >= 11 is 6.37. The fourth-order valence-corrected chi connectivity index (χ4v) is 3.56. The van der Waals surface area contributed by atoms with Crippen molar-refractivity contribution in [1.82, 2.24) is 24.8 Å². The molecule has 0 fully saturated rings. The van der Waals surface area contributed by atoms with Crippen LogP contribution in [0, 0.1) is 0 Å². The summed E-state index contributed by atoms with van der Waals surface area (Å²) in [5.74, 6) is 0.705. The van der Waals surface area contributed by atoms with Crippen molar-refractivity contribution in [3.63, 3.8) is 0 Å². The van der Waals surface area contributed by atoms with Gasteiger partial charge in [-0.25, -0.2) is 4.68 Å². The lowest BCUT2D eigenvalue weighted by Gasteiger charge is -2.07. The Hall–Kier alpha value is -2.86. The Labute approximate surface area is 169 Å². The second-order valence-corrected chi connectivity index (χ2v) is 7.23. The molecule has 6 nitrogen and oxygen atoms in total. The van der Waals surface area contributed by atoms with Gasteiger partial charge in [0, 0.05) is 41.8 Å². The molecule has 144 valence electrons. The molecule has 2 heterocycles. The topological polar surface area (TPSA) is 60.6 Å². The van der Waals surface area contributed by atoms with Crippen molar-refractivity contribution in [2.45, 2.75) is 39.4 Å². The minimum Gasteiger partial charge on any atom is -0.349 e. The van der Waals surface area contributed by atoms with E-state index >= 15 is 0 Å². The Morgan fingerprint density at radius 3 is 2.71 bits per heavy atom. The summed E-state index contributed by atoms with van der Waals surface area (Å²) in [6.45, 7) is 4.36. The molecule has 0 unspecified atom stereocenters. The maximum atomic E-state index is 6.37. The molecular formula is C21H23ClN6. The number of rotatable bonds is 8. The van der Waals surface area contributed by atoms with Gasteiger partial charge in [-0.1, -0.05) is 66.4 Å². The van der Waals surface area contributed by atoms with Crippen molar-refractivity contribution < 1.29 is 0 Å². The number of tetrazole rings is 1. The number of hydrogen-bond donors (Lipinski definition) is 1. The molecule has 4 rings (SSSR count). The summed E-state index contributed by atoms with van der Waals surface area (Å²) in [5, 5.41) is 17.4. The molecular weight excluding hydrogens is 372 g/mol. The molecule has 2 aromatic heterocycles. The molecule has 0 aliphatic rings. The van der Waals surface area contributed by atoms with E-state index < -0.39 is 0 Å². The minimum absolute atomic E-state index is 0.655. The van der Waals surface area contributed by atoms with E-state index in [1.54, 1.807) is 0 Å². The van der Waals surface area contributed by atoms with Crippen molar-refractivity contribution in [1.29, 1.82) is 0 Å². The SMILES string of the molecule is CCCCn1nnnc1NCc1cn(Cc2ccccc2Cl)c2ccccc12. The fraction of sp³-hybridized carbons (Fsp3) is 0.286. The molecule has 28 heavy (non-hydrogen) atoms. The van der Waals surface area contributed by atoms with Crippen molar-refractivity contribution in [2.24, 2.45) is 0 Å². The first-order valence-electron chi connectivity index (χ1n) is 9.56. The van der Waals surface area contributed by atoms with Crippen molar-refractivity contribution in [3.05, 3.63) is 70.9 Å². The normalized spacial score (nSPS) is 11.2. The van der Waals surface area contributed by atoms with Crippen LogP contribution in [-0.4, -0.2) is 24.8 Å². The van der Waals surface area contributed by atoms with Gasteiger partial charge in [0.1, 0.15) is 0 Å². The Bertz CT molecular complexity index is 1070. The lowest BCUT2D eigenvalue weighted by atomic mass is 10.2. The summed E-state index contributed by atoms with van der Waals surface area (Å²) in [4.78, 5) is 0. The van der Waals surface area contributed by atoms with Crippen LogP contribution in [-0.2, 0) is 19.6 Å². The highest BCUT2D eigenvalue weighted by Crippen LogP contribution is 2.25. The van der Waals surface area contributed by atoms with Gasteiger partial charge in [-0.2, -0.15) is 0 Å². The molecule has 4 aromatic rings. The monoisotopic (exact) mass is 394 g/mol. The van der Waals surface area contributed by atoms with Crippen LogP contribution in [0.3, 0.4) is 0 Å². The Kier molecular flexibility index (Phi) is 5.58. The standard InChI is InChI=1S/C21H23ClN6/c1-2-3-12-28-21(24-25-26-28)23-13-17-15-27(20-11-7-5-9-18(17)20)14-16-8-4-6-10-19(16)22/h4-11,15H,2-3,12-14H2,1H3,(H,23,24,26). The number of benzene rings is 2. The van der Waals surface area contributed by atoms with E-state index in [0.717, 1.165) is 36.5 Å². The first-order valence-corrected chi connectivity index (χ1v) is 9.94. The second-order valence-electron chi connectivity index (χ2n) is 6.82. The minimum atomic E-state index is 0.655. The average molecular weight is 395 g/mol. The predicted octanol–water partition coefficient (Wildman–Crippen LogP) is 4.74. The van der Waals surface area contributed by atoms with Gasteiger partial charge < -0.3 is 9.88 Å². The Balaban J connectivity index is 1.58. The molecule has 0 atom stereocenters. The predicted molar refractivity (Wildman–Crippen MR) is 113 cm³/mol. The zero-order valence-corrected chi connectivity index (χ0v) is 16.6. The van der Waals surface area contributed by atoms with E-state index in [2.05, 4.69) is 68.9 Å². The number of fused-ring (bicyclic) bond motifs is 1. The highest BCUT2D eigenvalue weighted by molar-refractivity contribution is 6.31. The van der Waals surface area contributed by atoms with E-state index in [9.17, 15) is 0 Å². The van der Waals surface area contributed by atoms with Crippen LogP contribution in [0.15, 0.2) is 54.7 Å². The third-order valence-electron chi connectivity index (χ3n) is 4.86. The quantitative estimate of drug-likeness (QED) is 0.468. The molecule has 0 spiro atoms.